The summed E-state index contributed by atoms with van der Waals surface area (Å²) in [6, 6.07) is 0.851. The van der Waals surface area contributed by atoms with Gasteiger partial charge in [0, 0.05) is 18.6 Å². The van der Waals surface area contributed by atoms with Crippen molar-refractivity contribution in [1.29, 1.82) is 0 Å². The summed E-state index contributed by atoms with van der Waals surface area (Å²) in [6.45, 7) is 6.89. The van der Waals surface area contributed by atoms with Crippen molar-refractivity contribution in [1.82, 2.24) is 5.32 Å². The lowest BCUT2D eigenvalue weighted by Crippen LogP contribution is -2.46. The summed E-state index contributed by atoms with van der Waals surface area (Å²) in [5, 5.41) is 13.7. The maximum absolute atomic E-state index is 10.2. The molecule has 0 aromatic carbocycles. The van der Waals surface area contributed by atoms with Crippen molar-refractivity contribution >= 4 is 0 Å². The van der Waals surface area contributed by atoms with E-state index in [4.69, 9.17) is 5.73 Å². The lowest BCUT2D eigenvalue weighted by atomic mass is 9.90. The zero-order valence-corrected chi connectivity index (χ0v) is 11.0. The smallest absolute Gasteiger partial charge is 0.0746 e. The Balaban J connectivity index is 2.27. The van der Waals surface area contributed by atoms with Gasteiger partial charge in [-0.3, -0.25) is 0 Å². The van der Waals surface area contributed by atoms with Crippen molar-refractivity contribution in [2.45, 2.75) is 70.6 Å². The molecule has 0 aromatic heterocycles. The third kappa shape index (κ3) is 5.28. The Morgan fingerprint density at radius 3 is 2.69 bits per heavy atom. The number of aliphatic hydroxyl groups is 1. The van der Waals surface area contributed by atoms with Gasteiger partial charge in [0.25, 0.3) is 0 Å². The van der Waals surface area contributed by atoms with Gasteiger partial charge in [-0.25, -0.2) is 0 Å². The predicted octanol–water partition coefficient (Wildman–Crippen LogP) is 1.64. The Hall–Kier alpha value is -0.120. The highest BCUT2D eigenvalue weighted by Crippen LogP contribution is 2.19. The Morgan fingerprint density at radius 2 is 2.12 bits per heavy atom. The molecule has 16 heavy (non-hydrogen) atoms. The van der Waals surface area contributed by atoms with Crippen LogP contribution in [-0.4, -0.2) is 29.3 Å². The molecule has 96 valence electrons. The van der Waals surface area contributed by atoms with Crippen LogP contribution < -0.4 is 11.1 Å². The van der Waals surface area contributed by atoms with E-state index in [1.165, 1.54) is 12.8 Å². The van der Waals surface area contributed by atoms with Crippen LogP contribution in [0.5, 0.6) is 0 Å². The minimum absolute atomic E-state index is 0.348. The molecule has 0 amide bonds. The third-order valence-electron chi connectivity index (χ3n) is 3.33. The maximum atomic E-state index is 10.2. The van der Waals surface area contributed by atoms with Gasteiger partial charge in [0.2, 0.25) is 0 Å². The fourth-order valence-corrected chi connectivity index (χ4v) is 2.73. The first-order valence-corrected chi connectivity index (χ1v) is 6.60. The van der Waals surface area contributed by atoms with Gasteiger partial charge in [0.05, 0.1) is 5.60 Å². The molecule has 4 N–H and O–H groups in total. The largest absolute Gasteiger partial charge is 0.389 e. The predicted molar refractivity (Wildman–Crippen MR) is 68.3 cm³/mol. The van der Waals surface area contributed by atoms with Gasteiger partial charge in [0.1, 0.15) is 0 Å². The lowest BCUT2D eigenvalue weighted by molar-refractivity contribution is 0.0343. The second-order valence-electron chi connectivity index (χ2n) is 6.10. The third-order valence-corrected chi connectivity index (χ3v) is 3.33. The fraction of sp³-hybridized carbons (Fsp3) is 1.00. The van der Waals surface area contributed by atoms with E-state index in [1.807, 2.05) is 6.92 Å². The van der Waals surface area contributed by atoms with Gasteiger partial charge < -0.3 is 16.2 Å². The topological polar surface area (TPSA) is 58.3 Å². The molecule has 0 heterocycles. The van der Waals surface area contributed by atoms with Crippen molar-refractivity contribution in [2.75, 3.05) is 6.54 Å². The second kappa shape index (κ2) is 5.99. The van der Waals surface area contributed by atoms with Crippen LogP contribution in [0.2, 0.25) is 0 Å². The molecule has 3 unspecified atom stereocenters. The van der Waals surface area contributed by atoms with Crippen LogP contribution in [-0.2, 0) is 0 Å². The summed E-state index contributed by atoms with van der Waals surface area (Å²) in [7, 11) is 0. The molecule has 3 atom stereocenters. The van der Waals surface area contributed by atoms with Crippen LogP contribution >= 0.6 is 0 Å². The second-order valence-corrected chi connectivity index (χ2v) is 6.10. The number of hydrogen-bond donors (Lipinski definition) is 3. The molecule has 0 aliphatic heterocycles. The molecule has 3 heteroatoms. The van der Waals surface area contributed by atoms with E-state index in [-0.39, 0.29) is 0 Å². The molecule has 1 fully saturated rings. The number of hydrogen-bond acceptors (Lipinski definition) is 3. The zero-order valence-electron chi connectivity index (χ0n) is 11.0. The van der Waals surface area contributed by atoms with Crippen LogP contribution in [0.1, 0.15) is 52.9 Å². The minimum atomic E-state index is -0.588. The van der Waals surface area contributed by atoms with Gasteiger partial charge in [-0.1, -0.05) is 20.3 Å². The standard InChI is InChI=1S/C13H28N2O/c1-10(2)8-13(3,16)9-15-12-6-4-5-11(14)7-12/h10-12,15-16H,4-9,14H2,1-3H3. The quantitative estimate of drug-likeness (QED) is 0.670. The van der Waals surface area contributed by atoms with E-state index < -0.39 is 5.60 Å². The molecule has 0 saturated heterocycles. The molecule has 1 saturated carbocycles. The van der Waals surface area contributed by atoms with Crippen molar-refractivity contribution in [3.05, 3.63) is 0 Å². The van der Waals surface area contributed by atoms with Gasteiger partial charge in [0.15, 0.2) is 0 Å². The van der Waals surface area contributed by atoms with Crippen LogP contribution in [0, 0.1) is 5.92 Å². The molecule has 0 radical (unpaired) electrons. The highest BCUT2D eigenvalue weighted by molar-refractivity contribution is 4.84. The normalized spacial score (nSPS) is 30.4. The number of nitrogens with two attached hydrogens (primary N) is 1. The lowest BCUT2D eigenvalue weighted by Gasteiger charge is -2.32. The van der Waals surface area contributed by atoms with E-state index in [2.05, 4.69) is 19.2 Å². The first-order chi connectivity index (χ1) is 7.39. The average molecular weight is 228 g/mol. The average Bonchev–Trinajstić information content (AvgIpc) is 2.13. The van der Waals surface area contributed by atoms with Crippen LogP contribution in [0.15, 0.2) is 0 Å². The summed E-state index contributed by atoms with van der Waals surface area (Å²) < 4.78 is 0. The summed E-state index contributed by atoms with van der Waals surface area (Å²) in [6.07, 6.45) is 5.47. The van der Waals surface area contributed by atoms with Gasteiger partial charge >= 0.3 is 0 Å². The monoisotopic (exact) mass is 228 g/mol. The molecule has 3 nitrogen and oxygen atoms in total. The van der Waals surface area contributed by atoms with E-state index in [9.17, 15) is 5.11 Å². The molecule has 0 spiro atoms. The van der Waals surface area contributed by atoms with Crippen LogP contribution in [0.25, 0.3) is 0 Å². The first-order valence-electron chi connectivity index (χ1n) is 6.60. The Labute approximate surface area is 99.8 Å². The SMILES string of the molecule is CC(C)CC(C)(O)CNC1CCCC(N)C1. The fourth-order valence-electron chi connectivity index (χ4n) is 2.73. The molecular weight excluding hydrogens is 200 g/mol. The summed E-state index contributed by atoms with van der Waals surface area (Å²) in [5.74, 6) is 0.533. The summed E-state index contributed by atoms with van der Waals surface area (Å²) in [5.41, 5.74) is 5.36. The number of nitrogens with one attached hydrogen (secondary N) is 1. The summed E-state index contributed by atoms with van der Waals surface area (Å²) in [4.78, 5) is 0. The van der Waals surface area contributed by atoms with E-state index in [0.717, 1.165) is 19.3 Å². The van der Waals surface area contributed by atoms with Crippen LogP contribution in [0.4, 0.5) is 0 Å². The highest BCUT2D eigenvalue weighted by Gasteiger charge is 2.25. The molecule has 0 bridgehead atoms. The van der Waals surface area contributed by atoms with Crippen LogP contribution in [0.3, 0.4) is 0 Å². The summed E-state index contributed by atoms with van der Waals surface area (Å²) >= 11 is 0. The minimum Gasteiger partial charge on any atom is -0.389 e. The Bertz CT molecular complexity index is 204. The molecule has 1 aliphatic rings. The van der Waals surface area contributed by atoms with Gasteiger partial charge in [-0.2, -0.15) is 0 Å². The Morgan fingerprint density at radius 1 is 1.44 bits per heavy atom. The molecule has 1 rings (SSSR count). The highest BCUT2D eigenvalue weighted by atomic mass is 16.3. The van der Waals surface area contributed by atoms with E-state index >= 15 is 0 Å². The van der Waals surface area contributed by atoms with Crippen molar-refractivity contribution < 1.29 is 5.11 Å². The molecular formula is C13H28N2O. The van der Waals surface area contributed by atoms with E-state index in [0.29, 0.717) is 24.5 Å². The molecule has 0 aromatic rings. The van der Waals surface area contributed by atoms with Gasteiger partial charge in [-0.05, 0) is 38.5 Å². The maximum Gasteiger partial charge on any atom is 0.0746 e. The molecule has 1 aliphatic carbocycles. The zero-order chi connectivity index (χ0) is 12.2. The van der Waals surface area contributed by atoms with Gasteiger partial charge in [-0.15, -0.1) is 0 Å². The Kier molecular flexibility index (Phi) is 5.22. The van der Waals surface area contributed by atoms with E-state index in [1.54, 1.807) is 0 Å². The van der Waals surface area contributed by atoms with Crippen molar-refractivity contribution in [2.24, 2.45) is 11.7 Å². The number of rotatable bonds is 5. The first kappa shape index (κ1) is 13.9. The van der Waals surface area contributed by atoms with Crippen molar-refractivity contribution in [3.63, 3.8) is 0 Å². The van der Waals surface area contributed by atoms with Crippen molar-refractivity contribution in [3.8, 4) is 0 Å².